The Kier molecular flexibility index (Phi) is 3.41. The monoisotopic (exact) mass is 286 g/mol. The lowest BCUT2D eigenvalue weighted by atomic mass is 9.80. The van der Waals surface area contributed by atoms with Gasteiger partial charge in [0.15, 0.2) is 0 Å². The highest BCUT2D eigenvalue weighted by molar-refractivity contribution is 6.20. The van der Waals surface area contributed by atoms with Crippen LogP contribution in [-0.4, -0.2) is 48.8 Å². The van der Waals surface area contributed by atoms with E-state index in [1.54, 1.807) is 24.3 Å². The molecule has 0 aromatic heterocycles. The molecule has 108 valence electrons. The number of piperidine rings is 1. The summed E-state index contributed by atoms with van der Waals surface area (Å²) in [5.74, 6) is -0.600. The third-order valence-electron chi connectivity index (χ3n) is 3.97. The van der Waals surface area contributed by atoms with Crippen LogP contribution >= 0.6 is 0 Å². The lowest BCUT2D eigenvalue weighted by molar-refractivity contribution is -0.0584. The van der Waals surface area contributed by atoms with Gasteiger partial charge >= 0.3 is 6.09 Å². The van der Waals surface area contributed by atoms with Crippen LogP contribution in [0.5, 0.6) is 0 Å². The van der Waals surface area contributed by atoms with Gasteiger partial charge in [-0.15, -0.1) is 0 Å². The van der Waals surface area contributed by atoms with Crippen LogP contribution in [0.4, 0.5) is 4.79 Å². The summed E-state index contributed by atoms with van der Waals surface area (Å²) in [5.41, 5.74) is 0.533. The van der Waals surface area contributed by atoms with E-state index in [1.807, 2.05) is 0 Å². The lowest BCUT2D eigenvalue weighted by Gasteiger charge is -2.30. The molecule has 0 spiro atoms. The molecule has 21 heavy (non-hydrogen) atoms. The summed E-state index contributed by atoms with van der Waals surface area (Å²) in [6, 6.07) is 6.43. The van der Waals surface area contributed by atoms with Crippen molar-refractivity contribution in [3.05, 3.63) is 35.4 Å². The topological polar surface area (TPSA) is 66.9 Å². The number of carbonyl (C=O) groups is 3. The molecule has 2 heterocycles. The Labute approximate surface area is 123 Å². The van der Waals surface area contributed by atoms with E-state index >= 15 is 0 Å². The maximum Gasteiger partial charge on any atom is 0.434 e. The van der Waals surface area contributed by atoms with Gasteiger partial charge in [-0.05, 0) is 25.0 Å². The molecule has 0 N–H and O–H groups in total. The van der Waals surface area contributed by atoms with Gasteiger partial charge in [0.05, 0.1) is 11.1 Å². The molecule has 7 heteroatoms. The van der Waals surface area contributed by atoms with Crippen molar-refractivity contribution in [2.45, 2.75) is 18.7 Å². The highest BCUT2D eigenvalue weighted by Crippen LogP contribution is 2.24. The summed E-state index contributed by atoms with van der Waals surface area (Å²) < 4.78 is 0. The van der Waals surface area contributed by atoms with Crippen molar-refractivity contribution >= 4 is 25.8 Å². The van der Waals surface area contributed by atoms with E-state index in [1.165, 1.54) is 4.90 Å². The van der Waals surface area contributed by atoms with Gasteiger partial charge in [0, 0.05) is 13.1 Å². The summed E-state index contributed by atoms with van der Waals surface area (Å²) in [5, 5.41) is 0.561. The van der Waals surface area contributed by atoms with Gasteiger partial charge in [0.25, 0.3) is 11.8 Å². The average molecular weight is 286 g/mol. The van der Waals surface area contributed by atoms with Gasteiger partial charge in [0.2, 0.25) is 0 Å². The largest absolute Gasteiger partial charge is 0.434 e. The predicted molar refractivity (Wildman–Crippen MR) is 76.5 cm³/mol. The minimum Gasteiger partial charge on any atom is -0.310 e. The number of likely N-dealkylation sites (tertiary alicyclic amines) is 1. The third-order valence-corrected chi connectivity index (χ3v) is 3.97. The fourth-order valence-electron chi connectivity index (χ4n) is 2.58. The Morgan fingerprint density at radius 1 is 1.10 bits per heavy atom. The fraction of sp³-hybridized carbons (Fsp3) is 0.357. The number of hydrogen-bond acceptors (Lipinski definition) is 4. The van der Waals surface area contributed by atoms with Crippen molar-refractivity contribution in [1.82, 2.24) is 9.96 Å². The Hall–Kier alpha value is -2.31. The number of imide groups is 1. The van der Waals surface area contributed by atoms with E-state index in [2.05, 4.69) is 7.85 Å². The minimum absolute atomic E-state index is 0.266. The number of carbonyl (C=O) groups excluding carboxylic acids is 3. The zero-order chi connectivity index (χ0) is 15.0. The van der Waals surface area contributed by atoms with Crippen molar-refractivity contribution in [1.29, 1.82) is 0 Å². The van der Waals surface area contributed by atoms with Gasteiger partial charge < -0.3 is 9.74 Å². The standard InChI is InChI=1S/C14H15BN2O4/c15-9-5-7-16(8-6-9)14(20)21-17-12(18)10-3-1-2-4-11(10)13(17)19/h1-4,9H,5-8,15H2. The zero-order valence-electron chi connectivity index (χ0n) is 11.7. The number of nitrogens with zero attached hydrogens (tertiary/aromatic N) is 2. The summed E-state index contributed by atoms with van der Waals surface area (Å²) in [6.45, 7) is 1.17. The smallest absolute Gasteiger partial charge is 0.310 e. The van der Waals surface area contributed by atoms with Gasteiger partial charge in [-0.2, -0.15) is 0 Å². The zero-order valence-corrected chi connectivity index (χ0v) is 11.7. The molecule has 3 rings (SSSR count). The number of hydrogen-bond donors (Lipinski definition) is 0. The van der Waals surface area contributed by atoms with Gasteiger partial charge in [-0.25, -0.2) is 4.79 Å². The predicted octanol–water partition coefficient (Wildman–Crippen LogP) is 0.852. The summed E-state index contributed by atoms with van der Waals surface area (Å²) >= 11 is 0. The second kappa shape index (κ2) is 5.23. The molecule has 6 nitrogen and oxygen atoms in total. The van der Waals surface area contributed by atoms with Gasteiger partial charge in [-0.1, -0.05) is 23.0 Å². The SMILES string of the molecule is BC1CCN(C(=O)ON2C(=O)c3ccccc3C2=O)CC1. The molecule has 1 aromatic rings. The van der Waals surface area contributed by atoms with Crippen LogP contribution in [0.2, 0.25) is 5.82 Å². The molecule has 3 amide bonds. The quantitative estimate of drug-likeness (QED) is 0.567. The van der Waals surface area contributed by atoms with E-state index in [4.69, 9.17) is 4.84 Å². The van der Waals surface area contributed by atoms with Crippen LogP contribution in [0.1, 0.15) is 33.6 Å². The molecule has 0 unspecified atom stereocenters. The molecule has 1 fully saturated rings. The molecule has 0 aliphatic carbocycles. The van der Waals surface area contributed by atoms with E-state index in [9.17, 15) is 14.4 Å². The van der Waals surface area contributed by atoms with E-state index < -0.39 is 17.9 Å². The lowest BCUT2D eigenvalue weighted by Crippen LogP contribution is -2.42. The molecular formula is C14H15BN2O4. The normalized spacial score (nSPS) is 18.9. The van der Waals surface area contributed by atoms with Crippen molar-refractivity contribution in [3.63, 3.8) is 0 Å². The second-order valence-electron chi connectivity index (χ2n) is 5.48. The van der Waals surface area contributed by atoms with Gasteiger partial charge in [0.1, 0.15) is 7.85 Å². The Balaban J connectivity index is 1.70. The van der Waals surface area contributed by atoms with Crippen LogP contribution in [0.3, 0.4) is 0 Å². The fourth-order valence-corrected chi connectivity index (χ4v) is 2.58. The van der Waals surface area contributed by atoms with E-state index in [-0.39, 0.29) is 11.1 Å². The molecule has 1 aromatic carbocycles. The number of rotatable bonds is 1. The summed E-state index contributed by atoms with van der Waals surface area (Å²) in [6.07, 6.45) is 1.16. The number of fused-ring (bicyclic) bond motifs is 1. The van der Waals surface area contributed by atoms with Crippen molar-refractivity contribution in [3.8, 4) is 0 Å². The first kappa shape index (κ1) is 13.7. The van der Waals surface area contributed by atoms with Crippen LogP contribution in [0.15, 0.2) is 24.3 Å². The Bertz CT molecular complexity index is 576. The maximum absolute atomic E-state index is 12.1. The number of benzene rings is 1. The van der Waals surface area contributed by atoms with Crippen LogP contribution in [-0.2, 0) is 4.84 Å². The van der Waals surface area contributed by atoms with Crippen molar-refractivity contribution < 1.29 is 19.2 Å². The van der Waals surface area contributed by atoms with Crippen LogP contribution in [0.25, 0.3) is 0 Å². The number of amides is 3. The Morgan fingerprint density at radius 2 is 1.62 bits per heavy atom. The summed E-state index contributed by atoms with van der Waals surface area (Å²) in [7, 11) is 2.13. The third kappa shape index (κ3) is 2.39. The van der Waals surface area contributed by atoms with E-state index in [0.29, 0.717) is 24.0 Å². The second-order valence-corrected chi connectivity index (χ2v) is 5.48. The first-order valence-corrected chi connectivity index (χ1v) is 7.02. The first-order valence-electron chi connectivity index (χ1n) is 7.02. The molecule has 0 saturated carbocycles. The van der Waals surface area contributed by atoms with Crippen LogP contribution in [0, 0.1) is 0 Å². The van der Waals surface area contributed by atoms with Crippen molar-refractivity contribution in [2.24, 2.45) is 0 Å². The maximum atomic E-state index is 12.1. The molecule has 0 radical (unpaired) electrons. The average Bonchev–Trinajstić information content (AvgIpc) is 2.73. The summed E-state index contributed by atoms with van der Waals surface area (Å²) in [4.78, 5) is 42.8. The van der Waals surface area contributed by atoms with Crippen molar-refractivity contribution in [2.75, 3.05) is 13.1 Å². The molecular weight excluding hydrogens is 271 g/mol. The highest BCUT2D eigenvalue weighted by atomic mass is 16.7. The first-order chi connectivity index (χ1) is 10.1. The highest BCUT2D eigenvalue weighted by Gasteiger charge is 2.39. The Morgan fingerprint density at radius 3 is 2.14 bits per heavy atom. The van der Waals surface area contributed by atoms with Crippen LogP contribution < -0.4 is 0 Å². The minimum atomic E-state index is -0.642. The van der Waals surface area contributed by atoms with Gasteiger partial charge in [-0.3, -0.25) is 9.59 Å². The molecule has 2 aliphatic rings. The molecule has 0 atom stereocenters. The molecule has 0 bridgehead atoms. The molecule has 1 saturated heterocycles. The number of hydroxylamine groups is 2. The van der Waals surface area contributed by atoms with E-state index in [0.717, 1.165) is 12.8 Å². The molecule has 2 aliphatic heterocycles.